The van der Waals surface area contributed by atoms with Gasteiger partial charge in [-0.05, 0) is 13.8 Å². The van der Waals surface area contributed by atoms with Crippen molar-refractivity contribution in [3.63, 3.8) is 0 Å². The molecule has 4 heteroatoms. The van der Waals surface area contributed by atoms with Crippen LogP contribution in [0.5, 0.6) is 0 Å². The standard InChI is InChI=1S/C5H9NO3.C4H8/c1-4(7)6-3-5(8)9-2;1-3-4-2/h3H2,1-2H3,(H,6,7);3-4H,1-2H3/b;4-3-. The van der Waals surface area contributed by atoms with Crippen LogP contribution in [0.1, 0.15) is 20.8 Å². The molecule has 0 fully saturated rings. The summed E-state index contributed by atoms with van der Waals surface area (Å²) in [4.78, 5) is 20.4. The fourth-order valence-electron chi connectivity index (χ4n) is 0.269. The molecule has 4 nitrogen and oxygen atoms in total. The van der Waals surface area contributed by atoms with Crippen LogP contribution >= 0.6 is 0 Å². The van der Waals surface area contributed by atoms with Gasteiger partial charge in [0.05, 0.1) is 7.11 Å². The van der Waals surface area contributed by atoms with Gasteiger partial charge in [0.25, 0.3) is 0 Å². The molecule has 0 saturated heterocycles. The summed E-state index contributed by atoms with van der Waals surface area (Å²) in [5.41, 5.74) is 0. The Kier molecular flexibility index (Phi) is 11.7. The van der Waals surface area contributed by atoms with Crippen molar-refractivity contribution in [2.24, 2.45) is 0 Å². The molecule has 76 valence electrons. The van der Waals surface area contributed by atoms with E-state index < -0.39 is 5.97 Å². The quantitative estimate of drug-likeness (QED) is 0.515. The zero-order chi connectivity index (χ0) is 10.7. The highest BCUT2D eigenvalue weighted by atomic mass is 16.5. The lowest BCUT2D eigenvalue weighted by atomic mass is 10.6. The molecular formula is C9H17NO3. The van der Waals surface area contributed by atoms with Crippen LogP contribution in [0.4, 0.5) is 0 Å². The Balaban J connectivity index is 0. The zero-order valence-corrected chi connectivity index (χ0v) is 8.59. The van der Waals surface area contributed by atoms with E-state index in [1.54, 1.807) is 0 Å². The van der Waals surface area contributed by atoms with Crippen molar-refractivity contribution in [1.29, 1.82) is 0 Å². The van der Waals surface area contributed by atoms with E-state index in [9.17, 15) is 9.59 Å². The zero-order valence-electron chi connectivity index (χ0n) is 8.59. The van der Waals surface area contributed by atoms with E-state index in [2.05, 4.69) is 10.1 Å². The van der Waals surface area contributed by atoms with Gasteiger partial charge in [0.2, 0.25) is 5.91 Å². The second-order valence-corrected chi connectivity index (χ2v) is 2.15. The number of methoxy groups -OCH3 is 1. The van der Waals surface area contributed by atoms with Gasteiger partial charge < -0.3 is 10.1 Å². The SMILES string of the molecule is C/C=C\C.COC(=O)CNC(C)=O. The van der Waals surface area contributed by atoms with E-state index in [-0.39, 0.29) is 12.5 Å². The number of carbonyl (C=O) groups excluding carboxylic acids is 2. The van der Waals surface area contributed by atoms with Crippen molar-refractivity contribution >= 4 is 11.9 Å². The number of hydrogen-bond acceptors (Lipinski definition) is 3. The molecule has 0 saturated carbocycles. The number of ether oxygens (including phenoxy) is 1. The number of nitrogens with one attached hydrogen (secondary N) is 1. The molecule has 0 aromatic rings. The van der Waals surface area contributed by atoms with Crippen LogP contribution in [0.3, 0.4) is 0 Å². The summed E-state index contributed by atoms with van der Waals surface area (Å²) in [5.74, 6) is -0.675. The molecule has 13 heavy (non-hydrogen) atoms. The Morgan fingerprint density at radius 3 is 2.00 bits per heavy atom. The molecule has 0 bridgehead atoms. The van der Waals surface area contributed by atoms with Crippen molar-refractivity contribution in [1.82, 2.24) is 5.32 Å². The third kappa shape index (κ3) is 18.0. The summed E-state index contributed by atoms with van der Waals surface area (Å²) in [6.45, 7) is 5.29. The lowest BCUT2D eigenvalue weighted by molar-refractivity contribution is -0.140. The van der Waals surface area contributed by atoms with Crippen LogP contribution in [0.2, 0.25) is 0 Å². The monoisotopic (exact) mass is 187 g/mol. The molecule has 0 aliphatic carbocycles. The normalized spacial score (nSPS) is 8.62. The van der Waals surface area contributed by atoms with Crippen LogP contribution in [-0.4, -0.2) is 25.5 Å². The predicted octanol–water partition coefficient (Wildman–Crippen LogP) is 0.878. The first kappa shape index (κ1) is 14.2. The first-order chi connectivity index (χ1) is 6.08. The van der Waals surface area contributed by atoms with Gasteiger partial charge in [-0.2, -0.15) is 0 Å². The molecule has 0 atom stereocenters. The van der Waals surface area contributed by atoms with Crippen molar-refractivity contribution in [2.45, 2.75) is 20.8 Å². The van der Waals surface area contributed by atoms with Gasteiger partial charge in [-0.1, -0.05) is 12.2 Å². The fraction of sp³-hybridized carbons (Fsp3) is 0.556. The molecule has 0 aliphatic rings. The molecule has 0 aliphatic heterocycles. The highest BCUT2D eigenvalue weighted by Crippen LogP contribution is 1.68. The average molecular weight is 187 g/mol. The second kappa shape index (κ2) is 10.7. The van der Waals surface area contributed by atoms with Crippen LogP contribution in [0.15, 0.2) is 12.2 Å². The van der Waals surface area contributed by atoms with Gasteiger partial charge >= 0.3 is 5.97 Å². The van der Waals surface area contributed by atoms with Crippen LogP contribution in [-0.2, 0) is 14.3 Å². The minimum Gasteiger partial charge on any atom is -0.468 e. The molecule has 1 amide bonds. The molecule has 0 aromatic heterocycles. The maximum Gasteiger partial charge on any atom is 0.325 e. The van der Waals surface area contributed by atoms with Crippen molar-refractivity contribution in [3.05, 3.63) is 12.2 Å². The molecule has 0 aromatic carbocycles. The molecule has 0 radical (unpaired) electrons. The minimum absolute atomic E-state index is 0.0498. The first-order valence-corrected chi connectivity index (χ1v) is 3.97. The lowest BCUT2D eigenvalue weighted by Crippen LogP contribution is -2.27. The summed E-state index contributed by atoms with van der Waals surface area (Å²) in [7, 11) is 1.27. The second-order valence-electron chi connectivity index (χ2n) is 2.15. The van der Waals surface area contributed by atoms with Gasteiger partial charge in [-0.3, -0.25) is 9.59 Å². The summed E-state index contributed by atoms with van der Waals surface area (Å²) >= 11 is 0. The van der Waals surface area contributed by atoms with Crippen LogP contribution in [0.25, 0.3) is 0 Å². The number of carbonyl (C=O) groups is 2. The summed E-state index contributed by atoms with van der Waals surface area (Å²) < 4.78 is 4.25. The van der Waals surface area contributed by atoms with Gasteiger partial charge in [-0.15, -0.1) is 0 Å². The number of allylic oxidation sites excluding steroid dienone is 2. The summed E-state index contributed by atoms with van der Waals surface area (Å²) in [6.07, 6.45) is 4.00. The predicted molar refractivity (Wildman–Crippen MR) is 51.2 cm³/mol. The Labute approximate surface area is 79.0 Å². The molecule has 1 N–H and O–H groups in total. The average Bonchev–Trinajstić information content (AvgIpc) is 2.14. The van der Waals surface area contributed by atoms with Crippen LogP contribution < -0.4 is 5.32 Å². The molecule has 0 unspecified atom stereocenters. The van der Waals surface area contributed by atoms with E-state index >= 15 is 0 Å². The Bertz CT molecular complexity index is 172. The van der Waals surface area contributed by atoms with Gasteiger partial charge in [0.1, 0.15) is 6.54 Å². The van der Waals surface area contributed by atoms with Crippen molar-refractivity contribution in [2.75, 3.05) is 13.7 Å². The lowest BCUT2D eigenvalue weighted by Gasteiger charge is -1.97. The highest BCUT2D eigenvalue weighted by Gasteiger charge is 1.98. The fourth-order valence-corrected chi connectivity index (χ4v) is 0.269. The van der Waals surface area contributed by atoms with E-state index in [0.29, 0.717) is 0 Å². The van der Waals surface area contributed by atoms with Crippen molar-refractivity contribution < 1.29 is 14.3 Å². The minimum atomic E-state index is -0.440. The summed E-state index contributed by atoms with van der Waals surface area (Å²) in [6, 6.07) is 0. The smallest absolute Gasteiger partial charge is 0.325 e. The highest BCUT2D eigenvalue weighted by molar-refractivity contribution is 5.80. The topological polar surface area (TPSA) is 55.4 Å². The van der Waals surface area contributed by atoms with Gasteiger partial charge in [-0.25, -0.2) is 0 Å². The third-order valence-electron chi connectivity index (χ3n) is 1.04. The van der Waals surface area contributed by atoms with Gasteiger partial charge in [0, 0.05) is 6.92 Å². The Morgan fingerprint density at radius 2 is 1.77 bits per heavy atom. The van der Waals surface area contributed by atoms with E-state index in [4.69, 9.17) is 0 Å². The molecular weight excluding hydrogens is 170 g/mol. The number of hydrogen-bond donors (Lipinski definition) is 1. The largest absolute Gasteiger partial charge is 0.468 e. The number of rotatable bonds is 2. The van der Waals surface area contributed by atoms with E-state index in [0.717, 1.165) is 0 Å². The van der Waals surface area contributed by atoms with Gasteiger partial charge in [0.15, 0.2) is 0 Å². The van der Waals surface area contributed by atoms with Crippen LogP contribution in [0, 0.1) is 0 Å². The molecule has 0 heterocycles. The summed E-state index contributed by atoms with van der Waals surface area (Å²) in [5, 5.41) is 2.28. The Morgan fingerprint density at radius 1 is 1.31 bits per heavy atom. The molecule has 0 rings (SSSR count). The molecule has 0 spiro atoms. The van der Waals surface area contributed by atoms with E-state index in [1.807, 2.05) is 26.0 Å². The maximum atomic E-state index is 10.3. The van der Waals surface area contributed by atoms with E-state index in [1.165, 1.54) is 14.0 Å². The number of esters is 1. The third-order valence-corrected chi connectivity index (χ3v) is 1.04. The maximum absolute atomic E-state index is 10.3. The number of amides is 1. The first-order valence-electron chi connectivity index (χ1n) is 3.97. The van der Waals surface area contributed by atoms with Crippen molar-refractivity contribution in [3.8, 4) is 0 Å². The Hall–Kier alpha value is -1.32.